The molecule has 2 rings (SSSR count). The molecule has 27 heavy (non-hydrogen) atoms. The number of nitrogens with zero attached hydrogens (tertiary/aromatic N) is 1. The summed E-state index contributed by atoms with van der Waals surface area (Å²) in [5.74, 6) is -0.286. The molecule has 6 nitrogen and oxygen atoms in total. The van der Waals surface area contributed by atoms with Crippen LogP contribution in [-0.4, -0.2) is 39.3 Å². The number of ether oxygens (including phenoxy) is 1. The Kier molecular flexibility index (Phi) is 7.11. The summed E-state index contributed by atoms with van der Waals surface area (Å²) in [6.45, 7) is 1.45. The first kappa shape index (κ1) is 21.5. The molecule has 0 spiro atoms. The molecule has 0 radical (unpaired) electrons. The number of amides is 1. The molecule has 0 aromatic heterocycles. The van der Waals surface area contributed by atoms with Gasteiger partial charge in [0.2, 0.25) is 15.9 Å². The van der Waals surface area contributed by atoms with Crippen LogP contribution in [0.5, 0.6) is 5.75 Å². The van der Waals surface area contributed by atoms with Crippen molar-refractivity contribution in [1.29, 1.82) is 0 Å². The number of carbonyl (C=O) groups excluding carboxylic acids is 1. The standard InChI is InChI=1S/C18H20Cl2N2O4S/c1-12(13-4-6-14(19)7-5-13)21-18(23)11-22(2)27(24,25)17-10-15(20)8-9-16(17)26-3/h4-10,12H,11H2,1-3H3,(H,21,23)/t12-/m0/s1. The number of benzene rings is 2. The minimum Gasteiger partial charge on any atom is -0.495 e. The van der Waals surface area contributed by atoms with Crippen molar-refractivity contribution < 1.29 is 17.9 Å². The van der Waals surface area contributed by atoms with Gasteiger partial charge in [-0.2, -0.15) is 4.31 Å². The first-order chi connectivity index (χ1) is 12.6. The third-order valence-corrected chi connectivity index (χ3v) is 6.24. The Bertz CT molecular complexity index is 917. The van der Waals surface area contributed by atoms with Crippen LogP contribution in [0, 0.1) is 0 Å². The van der Waals surface area contributed by atoms with Gasteiger partial charge in [0.05, 0.1) is 19.7 Å². The van der Waals surface area contributed by atoms with E-state index in [1.165, 1.54) is 32.4 Å². The van der Waals surface area contributed by atoms with Crippen LogP contribution in [0.4, 0.5) is 0 Å². The highest BCUT2D eigenvalue weighted by molar-refractivity contribution is 7.89. The van der Waals surface area contributed by atoms with Crippen molar-refractivity contribution in [1.82, 2.24) is 9.62 Å². The fourth-order valence-corrected chi connectivity index (χ4v) is 4.10. The molecule has 0 aliphatic heterocycles. The number of likely N-dealkylation sites (N-methyl/N-ethyl adjacent to an activating group) is 1. The van der Waals surface area contributed by atoms with Crippen LogP contribution in [0.15, 0.2) is 47.4 Å². The molecule has 0 fully saturated rings. The molecular formula is C18H20Cl2N2O4S. The van der Waals surface area contributed by atoms with Crippen molar-refractivity contribution in [2.45, 2.75) is 17.9 Å². The molecule has 0 bridgehead atoms. The third kappa shape index (κ3) is 5.35. The lowest BCUT2D eigenvalue weighted by Crippen LogP contribution is -2.39. The van der Waals surface area contributed by atoms with E-state index in [4.69, 9.17) is 27.9 Å². The van der Waals surface area contributed by atoms with Gasteiger partial charge in [-0.25, -0.2) is 8.42 Å². The number of methoxy groups -OCH3 is 1. The van der Waals surface area contributed by atoms with Crippen LogP contribution in [0.1, 0.15) is 18.5 Å². The number of hydrogen-bond acceptors (Lipinski definition) is 4. The lowest BCUT2D eigenvalue weighted by atomic mass is 10.1. The fraction of sp³-hybridized carbons (Fsp3) is 0.278. The van der Waals surface area contributed by atoms with E-state index in [0.29, 0.717) is 5.02 Å². The molecule has 0 unspecified atom stereocenters. The molecule has 0 aliphatic carbocycles. The van der Waals surface area contributed by atoms with E-state index >= 15 is 0 Å². The molecule has 146 valence electrons. The van der Waals surface area contributed by atoms with Crippen LogP contribution in [-0.2, 0) is 14.8 Å². The topological polar surface area (TPSA) is 75.7 Å². The molecule has 1 atom stereocenters. The zero-order chi connectivity index (χ0) is 20.2. The Morgan fingerprint density at radius 3 is 2.33 bits per heavy atom. The zero-order valence-corrected chi connectivity index (χ0v) is 17.4. The van der Waals surface area contributed by atoms with Gasteiger partial charge in [-0.15, -0.1) is 0 Å². The van der Waals surface area contributed by atoms with Crippen LogP contribution >= 0.6 is 23.2 Å². The van der Waals surface area contributed by atoms with Gasteiger partial charge >= 0.3 is 0 Å². The minimum absolute atomic E-state index is 0.0986. The van der Waals surface area contributed by atoms with Crippen LogP contribution in [0.25, 0.3) is 0 Å². The smallest absolute Gasteiger partial charge is 0.247 e. The number of nitrogens with one attached hydrogen (secondary N) is 1. The second kappa shape index (κ2) is 8.93. The van der Waals surface area contributed by atoms with Crippen molar-refractivity contribution in [3.05, 3.63) is 58.1 Å². The van der Waals surface area contributed by atoms with Gasteiger partial charge in [0.15, 0.2) is 0 Å². The predicted molar refractivity (Wildman–Crippen MR) is 106 cm³/mol. The Hall–Kier alpha value is -1.80. The second-order valence-corrected chi connectivity index (χ2v) is 8.78. The summed E-state index contributed by atoms with van der Waals surface area (Å²) >= 11 is 11.8. The largest absolute Gasteiger partial charge is 0.495 e. The van der Waals surface area contributed by atoms with Gasteiger partial charge in [0.25, 0.3) is 0 Å². The molecule has 0 aliphatic rings. The van der Waals surface area contributed by atoms with Crippen molar-refractivity contribution in [3.8, 4) is 5.75 Å². The number of halogens is 2. The Morgan fingerprint density at radius 1 is 1.15 bits per heavy atom. The predicted octanol–water partition coefficient (Wildman–Crippen LogP) is 3.50. The van der Waals surface area contributed by atoms with Crippen LogP contribution < -0.4 is 10.1 Å². The van der Waals surface area contributed by atoms with E-state index in [1.807, 2.05) is 0 Å². The van der Waals surface area contributed by atoms with E-state index in [9.17, 15) is 13.2 Å². The van der Waals surface area contributed by atoms with E-state index in [1.54, 1.807) is 31.2 Å². The summed E-state index contributed by atoms with van der Waals surface area (Å²) in [5.41, 5.74) is 0.856. The Morgan fingerprint density at radius 2 is 1.74 bits per heavy atom. The monoisotopic (exact) mass is 430 g/mol. The molecule has 0 heterocycles. The number of hydrogen-bond donors (Lipinski definition) is 1. The van der Waals surface area contributed by atoms with Gasteiger partial charge in [-0.05, 0) is 42.8 Å². The summed E-state index contributed by atoms with van der Waals surface area (Å²) in [6, 6.07) is 11.0. The summed E-state index contributed by atoms with van der Waals surface area (Å²) in [6.07, 6.45) is 0. The molecule has 1 N–H and O–H groups in total. The van der Waals surface area contributed by atoms with Crippen molar-refractivity contribution in [2.24, 2.45) is 0 Å². The number of sulfonamides is 1. The van der Waals surface area contributed by atoms with Crippen molar-refractivity contribution in [2.75, 3.05) is 20.7 Å². The lowest BCUT2D eigenvalue weighted by molar-refractivity contribution is -0.121. The summed E-state index contributed by atoms with van der Waals surface area (Å²) in [5, 5.41) is 3.61. The normalized spacial score (nSPS) is 12.7. The average molecular weight is 431 g/mol. The first-order valence-electron chi connectivity index (χ1n) is 8.00. The zero-order valence-electron chi connectivity index (χ0n) is 15.1. The van der Waals surface area contributed by atoms with E-state index < -0.39 is 15.9 Å². The summed E-state index contributed by atoms with van der Waals surface area (Å²) in [7, 11) is -1.27. The number of carbonyl (C=O) groups is 1. The van der Waals surface area contributed by atoms with Crippen LogP contribution in [0.3, 0.4) is 0 Å². The number of rotatable bonds is 7. The molecule has 9 heteroatoms. The maximum absolute atomic E-state index is 12.8. The molecule has 1 amide bonds. The highest BCUT2D eigenvalue weighted by Crippen LogP contribution is 2.29. The Balaban J connectivity index is 2.11. The summed E-state index contributed by atoms with van der Waals surface area (Å²) in [4.78, 5) is 12.2. The van der Waals surface area contributed by atoms with E-state index in [2.05, 4.69) is 5.32 Å². The van der Waals surface area contributed by atoms with Gasteiger partial charge in [-0.1, -0.05) is 35.3 Å². The van der Waals surface area contributed by atoms with E-state index in [0.717, 1.165) is 9.87 Å². The SMILES string of the molecule is COc1ccc(Cl)cc1S(=O)(=O)N(C)CC(=O)N[C@@H](C)c1ccc(Cl)cc1. The highest BCUT2D eigenvalue weighted by Gasteiger charge is 2.27. The average Bonchev–Trinajstić information content (AvgIpc) is 2.61. The van der Waals surface area contributed by atoms with Gasteiger partial charge in [0, 0.05) is 17.1 Å². The second-order valence-electron chi connectivity index (χ2n) is 5.90. The Labute approximate surface area is 169 Å². The maximum Gasteiger partial charge on any atom is 0.247 e. The highest BCUT2D eigenvalue weighted by atomic mass is 35.5. The van der Waals surface area contributed by atoms with Gasteiger partial charge in [0.1, 0.15) is 10.6 Å². The lowest BCUT2D eigenvalue weighted by Gasteiger charge is -2.20. The molecule has 0 saturated carbocycles. The maximum atomic E-state index is 12.8. The first-order valence-corrected chi connectivity index (χ1v) is 10.2. The quantitative estimate of drug-likeness (QED) is 0.728. The minimum atomic E-state index is -3.96. The van der Waals surface area contributed by atoms with Crippen molar-refractivity contribution in [3.63, 3.8) is 0 Å². The van der Waals surface area contributed by atoms with Crippen LogP contribution in [0.2, 0.25) is 10.0 Å². The van der Waals surface area contributed by atoms with Crippen molar-refractivity contribution >= 4 is 39.1 Å². The van der Waals surface area contributed by atoms with Gasteiger partial charge in [-0.3, -0.25) is 4.79 Å². The molecule has 0 saturated heterocycles. The van der Waals surface area contributed by atoms with E-state index in [-0.39, 0.29) is 28.3 Å². The summed E-state index contributed by atoms with van der Waals surface area (Å²) < 4.78 is 31.6. The molecule has 2 aromatic carbocycles. The third-order valence-electron chi connectivity index (χ3n) is 3.93. The van der Waals surface area contributed by atoms with Gasteiger partial charge < -0.3 is 10.1 Å². The fourth-order valence-electron chi connectivity index (χ4n) is 2.43. The molecule has 2 aromatic rings. The molecular weight excluding hydrogens is 411 g/mol.